The Morgan fingerprint density at radius 3 is 2.53 bits per heavy atom. The smallest absolute Gasteiger partial charge is 0.410 e. The zero-order valence-corrected chi connectivity index (χ0v) is 11.3. The fourth-order valence-electron chi connectivity index (χ4n) is 1.12. The second-order valence-corrected chi connectivity index (χ2v) is 4.87. The minimum absolute atomic E-state index is 0.290. The third-order valence-corrected chi connectivity index (χ3v) is 1.92. The van der Waals surface area contributed by atoms with Gasteiger partial charge in [0.05, 0.1) is 0 Å². The molecule has 0 bridgehead atoms. The highest BCUT2D eigenvalue weighted by Crippen LogP contribution is 2.09. The number of terminal acetylenes is 1. The van der Waals surface area contributed by atoms with Crippen molar-refractivity contribution in [1.29, 1.82) is 0 Å². The summed E-state index contributed by atoms with van der Waals surface area (Å²) in [6.45, 7) is 7.20. The number of ether oxygens (including phenoxy) is 2. The van der Waals surface area contributed by atoms with Gasteiger partial charge in [0.2, 0.25) is 0 Å². The predicted octanol–water partition coefficient (Wildman–Crippen LogP) is 2.28. The summed E-state index contributed by atoms with van der Waals surface area (Å²) in [5.74, 6) is 2.40. The van der Waals surface area contributed by atoms with Crippen LogP contribution in [0.1, 0.15) is 33.6 Å². The molecule has 0 saturated heterocycles. The molecule has 4 heteroatoms. The van der Waals surface area contributed by atoms with Crippen LogP contribution in [0.4, 0.5) is 4.79 Å². The molecule has 0 aromatic carbocycles. The van der Waals surface area contributed by atoms with Crippen molar-refractivity contribution in [2.75, 3.05) is 26.8 Å². The van der Waals surface area contributed by atoms with Crippen LogP contribution in [0.15, 0.2) is 0 Å². The Kier molecular flexibility index (Phi) is 7.40. The molecule has 4 nitrogen and oxygen atoms in total. The fourth-order valence-corrected chi connectivity index (χ4v) is 1.12. The molecule has 0 radical (unpaired) electrons. The van der Waals surface area contributed by atoms with Crippen molar-refractivity contribution in [2.45, 2.75) is 39.2 Å². The van der Waals surface area contributed by atoms with Crippen LogP contribution in [-0.4, -0.2) is 43.4 Å². The Morgan fingerprint density at radius 2 is 2.00 bits per heavy atom. The average molecular weight is 241 g/mol. The van der Waals surface area contributed by atoms with Gasteiger partial charge in [-0.3, -0.25) is 0 Å². The highest BCUT2D eigenvalue weighted by Gasteiger charge is 2.18. The lowest BCUT2D eigenvalue weighted by molar-refractivity contribution is 0.0292. The molecule has 0 atom stereocenters. The lowest BCUT2D eigenvalue weighted by Gasteiger charge is -2.24. The number of hydrogen-bond donors (Lipinski definition) is 0. The number of unbranched alkanes of at least 4 members (excludes halogenated alkanes) is 1. The minimum atomic E-state index is -0.443. The van der Waals surface area contributed by atoms with E-state index >= 15 is 0 Å². The van der Waals surface area contributed by atoms with Crippen molar-refractivity contribution in [3.05, 3.63) is 0 Å². The summed E-state index contributed by atoms with van der Waals surface area (Å²) < 4.78 is 10.4. The van der Waals surface area contributed by atoms with Crippen molar-refractivity contribution in [1.82, 2.24) is 4.90 Å². The van der Waals surface area contributed by atoms with Crippen molar-refractivity contribution in [3.63, 3.8) is 0 Å². The predicted molar refractivity (Wildman–Crippen MR) is 67.8 cm³/mol. The molecule has 0 saturated carbocycles. The van der Waals surface area contributed by atoms with Gasteiger partial charge in [0.1, 0.15) is 12.2 Å². The van der Waals surface area contributed by atoms with Gasteiger partial charge in [0.25, 0.3) is 0 Å². The molecule has 98 valence electrons. The van der Waals surface area contributed by atoms with E-state index in [9.17, 15) is 4.79 Å². The fraction of sp³-hybridized carbons (Fsp3) is 0.769. The topological polar surface area (TPSA) is 38.8 Å². The van der Waals surface area contributed by atoms with E-state index in [4.69, 9.17) is 15.9 Å². The van der Waals surface area contributed by atoms with E-state index in [1.54, 1.807) is 11.9 Å². The molecule has 0 aliphatic heterocycles. The summed E-state index contributed by atoms with van der Waals surface area (Å²) in [6.07, 6.45) is 6.51. The second kappa shape index (κ2) is 7.97. The van der Waals surface area contributed by atoms with Crippen LogP contribution in [0.3, 0.4) is 0 Å². The molecule has 0 heterocycles. The first kappa shape index (κ1) is 15.8. The van der Waals surface area contributed by atoms with Gasteiger partial charge in [-0.15, -0.1) is 6.42 Å². The van der Waals surface area contributed by atoms with Crippen molar-refractivity contribution >= 4 is 6.09 Å². The number of carbonyl (C=O) groups is 1. The summed E-state index contributed by atoms with van der Waals surface area (Å²) in [5.41, 5.74) is -0.443. The maximum absolute atomic E-state index is 11.6. The molecule has 0 N–H and O–H groups in total. The van der Waals surface area contributed by atoms with Crippen LogP contribution in [0.25, 0.3) is 0 Å². The molecule has 0 rings (SSSR count). The maximum atomic E-state index is 11.6. The number of rotatable bonds is 6. The van der Waals surface area contributed by atoms with E-state index in [1.165, 1.54) is 0 Å². The normalized spacial score (nSPS) is 10.8. The van der Waals surface area contributed by atoms with Gasteiger partial charge in [-0.25, -0.2) is 4.79 Å². The molecule has 0 fully saturated rings. The third kappa shape index (κ3) is 9.70. The largest absolute Gasteiger partial charge is 0.444 e. The summed E-state index contributed by atoms with van der Waals surface area (Å²) in [6, 6.07) is 0. The van der Waals surface area contributed by atoms with Gasteiger partial charge in [-0.1, -0.05) is 5.92 Å². The quantitative estimate of drug-likeness (QED) is 0.529. The average Bonchev–Trinajstić information content (AvgIpc) is 2.20. The number of amides is 1. The Hall–Kier alpha value is -1.21. The van der Waals surface area contributed by atoms with Gasteiger partial charge >= 0.3 is 6.09 Å². The Balaban J connectivity index is 3.62. The van der Waals surface area contributed by atoms with E-state index in [1.807, 2.05) is 20.8 Å². The molecule has 17 heavy (non-hydrogen) atoms. The first-order valence-electron chi connectivity index (χ1n) is 5.82. The van der Waals surface area contributed by atoms with Crippen LogP contribution < -0.4 is 0 Å². The maximum Gasteiger partial charge on any atom is 0.410 e. The lowest BCUT2D eigenvalue weighted by atomic mass is 10.2. The van der Waals surface area contributed by atoms with E-state index in [0.29, 0.717) is 19.8 Å². The van der Waals surface area contributed by atoms with E-state index in [2.05, 4.69) is 5.92 Å². The second-order valence-electron chi connectivity index (χ2n) is 4.87. The minimum Gasteiger partial charge on any atom is -0.444 e. The molecule has 0 spiro atoms. The lowest BCUT2D eigenvalue weighted by Crippen LogP contribution is -2.34. The summed E-state index contributed by atoms with van der Waals surface area (Å²) >= 11 is 0. The molecule has 0 aliphatic carbocycles. The molecule has 0 aromatic rings. The van der Waals surface area contributed by atoms with Gasteiger partial charge in [0, 0.05) is 20.2 Å². The van der Waals surface area contributed by atoms with Crippen molar-refractivity contribution in [2.24, 2.45) is 0 Å². The van der Waals surface area contributed by atoms with E-state index < -0.39 is 5.60 Å². The van der Waals surface area contributed by atoms with Crippen LogP contribution in [0.5, 0.6) is 0 Å². The highest BCUT2D eigenvalue weighted by atomic mass is 16.6. The Morgan fingerprint density at radius 1 is 1.35 bits per heavy atom. The third-order valence-electron chi connectivity index (χ3n) is 1.92. The molecular weight excluding hydrogens is 218 g/mol. The molecular formula is C13H23NO3. The molecule has 0 unspecified atom stereocenters. The zero-order valence-electron chi connectivity index (χ0n) is 11.3. The first-order valence-corrected chi connectivity index (χ1v) is 5.82. The van der Waals surface area contributed by atoms with Crippen LogP contribution >= 0.6 is 0 Å². The summed E-state index contributed by atoms with van der Waals surface area (Å²) in [5, 5.41) is 0. The Labute approximate surface area is 104 Å². The zero-order chi connectivity index (χ0) is 13.3. The number of nitrogens with zero attached hydrogens (tertiary/aromatic N) is 1. The standard InChI is InChI=1S/C13H23NO3/c1-6-10-16-11-8-7-9-14(5)12(15)17-13(2,3)4/h1H,7-11H2,2-5H3. The molecule has 0 aromatic heterocycles. The number of hydrogen-bond acceptors (Lipinski definition) is 3. The SMILES string of the molecule is C#CCOCCCCN(C)C(=O)OC(C)(C)C. The van der Waals surface area contributed by atoms with E-state index in [0.717, 1.165) is 12.8 Å². The first-order chi connectivity index (χ1) is 7.87. The Bertz CT molecular complexity index is 263. The molecule has 1 amide bonds. The number of carbonyl (C=O) groups excluding carboxylic acids is 1. The monoisotopic (exact) mass is 241 g/mol. The highest BCUT2D eigenvalue weighted by molar-refractivity contribution is 5.67. The molecule has 0 aliphatic rings. The van der Waals surface area contributed by atoms with Crippen LogP contribution in [-0.2, 0) is 9.47 Å². The van der Waals surface area contributed by atoms with Crippen molar-refractivity contribution in [3.8, 4) is 12.3 Å². The summed E-state index contributed by atoms with van der Waals surface area (Å²) in [7, 11) is 1.73. The van der Waals surface area contributed by atoms with Gasteiger partial charge in [-0.05, 0) is 33.6 Å². The van der Waals surface area contributed by atoms with Crippen molar-refractivity contribution < 1.29 is 14.3 Å². The van der Waals surface area contributed by atoms with Gasteiger partial charge in [0.15, 0.2) is 0 Å². The van der Waals surface area contributed by atoms with E-state index in [-0.39, 0.29) is 6.09 Å². The van der Waals surface area contributed by atoms with Crippen LogP contribution in [0, 0.1) is 12.3 Å². The van der Waals surface area contributed by atoms with Gasteiger partial charge < -0.3 is 14.4 Å². The summed E-state index contributed by atoms with van der Waals surface area (Å²) in [4.78, 5) is 13.1. The van der Waals surface area contributed by atoms with Crippen LogP contribution in [0.2, 0.25) is 0 Å². The van der Waals surface area contributed by atoms with Gasteiger partial charge in [-0.2, -0.15) is 0 Å².